The van der Waals surface area contributed by atoms with Gasteiger partial charge in [0.1, 0.15) is 24.0 Å². The zero-order valence-electron chi connectivity index (χ0n) is 11.3. The molecule has 0 saturated heterocycles. The van der Waals surface area contributed by atoms with Crippen LogP contribution in [0.3, 0.4) is 0 Å². The number of rotatable bonds is 4. The molecule has 20 heavy (non-hydrogen) atoms. The minimum absolute atomic E-state index is 0.219. The SMILES string of the molecule is Cc1nc(NCC#N)cc(N(C)c2cccc(Br)c2)n1. The van der Waals surface area contributed by atoms with Crippen molar-refractivity contribution in [3.8, 4) is 6.07 Å². The van der Waals surface area contributed by atoms with Crippen molar-refractivity contribution in [3.05, 3.63) is 40.6 Å². The van der Waals surface area contributed by atoms with E-state index in [0.29, 0.717) is 11.6 Å². The van der Waals surface area contributed by atoms with Crippen molar-refractivity contribution in [2.45, 2.75) is 6.92 Å². The number of hydrogen-bond donors (Lipinski definition) is 1. The molecule has 1 heterocycles. The Morgan fingerprint density at radius 1 is 1.35 bits per heavy atom. The molecule has 5 nitrogen and oxygen atoms in total. The Labute approximate surface area is 126 Å². The zero-order chi connectivity index (χ0) is 14.5. The number of anilines is 3. The molecule has 0 aliphatic heterocycles. The zero-order valence-corrected chi connectivity index (χ0v) is 12.8. The van der Waals surface area contributed by atoms with Gasteiger partial charge in [-0.1, -0.05) is 22.0 Å². The highest BCUT2D eigenvalue weighted by molar-refractivity contribution is 9.10. The van der Waals surface area contributed by atoms with Gasteiger partial charge in [-0.3, -0.25) is 0 Å². The Hall–Kier alpha value is -2.13. The standard InChI is InChI=1S/C14H14BrN5/c1-10-18-13(17-7-6-16)9-14(19-10)20(2)12-5-3-4-11(15)8-12/h3-5,8-9H,7H2,1-2H3,(H,17,18,19). The first-order chi connectivity index (χ1) is 9.60. The summed E-state index contributed by atoms with van der Waals surface area (Å²) in [5.74, 6) is 2.08. The fourth-order valence-corrected chi connectivity index (χ4v) is 2.15. The molecule has 102 valence electrons. The van der Waals surface area contributed by atoms with Crippen LogP contribution in [0.5, 0.6) is 0 Å². The Morgan fingerprint density at radius 3 is 2.85 bits per heavy atom. The van der Waals surface area contributed by atoms with E-state index in [1.54, 1.807) is 0 Å². The minimum Gasteiger partial charge on any atom is -0.357 e. The van der Waals surface area contributed by atoms with Gasteiger partial charge >= 0.3 is 0 Å². The second-order valence-corrected chi connectivity index (χ2v) is 5.12. The summed E-state index contributed by atoms with van der Waals surface area (Å²) in [5, 5.41) is 11.6. The van der Waals surface area contributed by atoms with Crippen LogP contribution in [0.25, 0.3) is 0 Å². The van der Waals surface area contributed by atoms with Gasteiger partial charge in [-0.25, -0.2) is 9.97 Å². The molecule has 0 spiro atoms. The highest BCUT2D eigenvalue weighted by Gasteiger charge is 2.08. The molecule has 1 aromatic heterocycles. The number of nitrogens with zero attached hydrogens (tertiary/aromatic N) is 4. The molecule has 0 bridgehead atoms. The largest absolute Gasteiger partial charge is 0.357 e. The van der Waals surface area contributed by atoms with Crippen molar-refractivity contribution in [2.75, 3.05) is 23.8 Å². The van der Waals surface area contributed by atoms with Crippen LogP contribution in [0.1, 0.15) is 5.82 Å². The summed E-state index contributed by atoms with van der Waals surface area (Å²) in [7, 11) is 1.94. The predicted octanol–water partition coefficient (Wildman–Crippen LogP) is 3.25. The first-order valence-corrected chi connectivity index (χ1v) is 6.85. The summed E-state index contributed by atoms with van der Waals surface area (Å²) in [5.41, 5.74) is 1.02. The molecule has 0 saturated carbocycles. The highest BCUT2D eigenvalue weighted by atomic mass is 79.9. The lowest BCUT2D eigenvalue weighted by Gasteiger charge is -2.19. The third-order valence-electron chi connectivity index (χ3n) is 2.71. The van der Waals surface area contributed by atoms with Crippen LogP contribution in [0.4, 0.5) is 17.3 Å². The van der Waals surface area contributed by atoms with Crippen LogP contribution in [-0.4, -0.2) is 23.6 Å². The van der Waals surface area contributed by atoms with Crippen molar-refractivity contribution in [1.82, 2.24) is 9.97 Å². The maximum absolute atomic E-state index is 8.61. The van der Waals surface area contributed by atoms with E-state index in [-0.39, 0.29) is 6.54 Å². The summed E-state index contributed by atoms with van der Waals surface area (Å²) in [4.78, 5) is 10.6. The summed E-state index contributed by atoms with van der Waals surface area (Å²) in [6.45, 7) is 2.05. The fraction of sp³-hybridized carbons (Fsp3) is 0.214. The van der Waals surface area contributed by atoms with E-state index in [1.807, 2.05) is 55.3 Å². The molecule has 0 radical (unpaired) electrons. The smallest absolute Gasteiger partial charge is 0.138 e. The first-order valence-electron chi connectivity index (χ1n) is 6.06. The van der Waals surface area contributed by atoms with Crippen LogP contribution in [0, 0.1) is 18.3 Å². The van der Waals surface area contributed by atoms with Crippen molar-refractivity contribution in [1.29, 1.82) is 5.26 Å². The van der Waals surface area contributed by atoms with Gasteiger partial charge in [0.25, 0.3) is 0 Å². The molecule has 0 atom stereocenters. The van der Waals surface area contributed by atoms with E-state index in [1.165, 1.54) is 0 Å². The lowest BCUT2D eigenvalue weighted by atomic mass is 10.3. The molecule has 0 aliphatic rings. The van der Waals surface area contributed by atoms with Crippen LogP contribution in [-0.2, 0) is 0 Å². The maximum Gasteiger partial charge on any atom is 0.138 e. The molecule has 1 aromatic carbocycles. The summed E-state index contributed by atoms with van der Waals surface area (Å²) in [6.07, 6.45) is 0. The molecule has 0 unspecified atom stereocenters. The number of halogens is 1. The first kappa shape index (κ1) is 14.3. The van der Waals surface area contributed by atoms with Gasteiger partial charge in [-0.15, -0.1) is 0 Å². The molecule has 6 heteroatoms. The normalized spacial score (nSPS) is 9.90. The lowest BCUT2D eigenvalue weighted by molar-refractivity contribution is 1.01. The highest BCUT2D eigenvalue weighted by Crippen LogP contribution is 2.25. The van der Waals surface area contributed by atoms with Crippen molar-refractivity contribution < 1.29 is 0 Å². The molecule has 0 fully saturated rings. The molecular weight excluding hydrogens is 318 g/mol. The second-order valence-electron chi connectivity index (χ2n) is 4.21. The van der Waals surface area contributed by atoms with Gasteiger partial charge < -0.3 is 10.2 Å². The molecule has 1 N–H and O–H groups in total. The average molecular weight is 332 g/mol. The van der Waals surface area contributed by atoms with Gasteiger partial charge in [0, 0.05) is 23.3 Å². The van der Waals surface area contributed by atoms with E-state index < -0.39 is 0 Å². The van der Waals surface area contributed by atoms with Crippen LogP contribution < -0.4 is 10.2 Å². The number of nitriles is 1. The van der Waals surface area contributed by atoms with E-state index in [4.69, 9.17) is 5.26 Å². The third kappa shape index (κ3) is 3.45. The lowest BCUT2D eigenvalue weighted by Crippen LogP contribution is -2.13. The van der Waals surface area contributed by atoms with Crippen molar-refractivity contribution >= 4 is 33.3 Å². The summed E-state index contributed by atoms with van der Waals surface area (Å²) < 4.78 is 1.01. The van der Waals surface area contributed by atoms with E-state index in [2.05, 4.69) is 31.2 Å². The summed E-state index contributed by atoms with van der Waals surface area (Å²) in [6, 6.07) is 11.8. The Kier molecular flexibility index (Phi) is 4.53. The predicted molar refractivity (Wildman–Crippen MR) is 83.1 cm³/mol. The van der Waals surface area contributed by atoms with E-state index in [0.717, 1.165) is 16.0 Å². The van der Waals surface area contributed by atoms with Gasteiger partial charge in [-0.05, 0) is 25.1 Å². The van der Waals surface area contributed by atoms with E-state index >= 15 is 0 Å². The van der Waals surface area contributed by atoms with E-state index in [9.17, 15) is 0 Å². The average Bonchev–Trinajstić information content (AvgIpc) is 2.43. The van der Waals surface area contributed by atoms with Gasteiger partial charge in [0.15, 0.2) is 0 Å². The van der Waals surface area contributed by atoms with Crippen LogP contribution in [0.2, 0.25) is 0 Å². The van der Waals surface area contributed by atoms with Gasteiger partial charge in [-0.2, -0.15) is 5.26 Å². The van der Waals surface area contributed by atoms with Gasteiger partial charge in [0.2, 0.25) is 0 Å². The molecular formula is C14H14BrN5. The molecule has 0 amide bonds. The number of benzene rings is 1. The number of nitrogens with one attached hydrogen (secondary N) is 1. The molecule has 0 aliphatic carbocycles. The number of aromatic nitrogens is 2. The van der Waals surface area contributed by atoms with Crippen LogP contribution in [0.15, 0.2) is 34.8 Å². The molecule has 2 rings (SSSR count). The summed E-state index contributed by atoms with van der Waals surface area (Å²) >= 11 is 3.46. The molecule has 2 aromatic rings. The Bertz CT molecular complexity index is 650. The Morgan fingerprint density at radius 2 is 2.15 bits per heavy atom. The maximum atomic E-state index is 8.61. The fourth-order valence-electron chi connectivity index (χ4n) is 1.76. The monoisotopic (exact) mass is 331 g/mol. The topological polar surface area (TPSA) is 64.8 Å². The van der Waals surface area contributed by atoms with Crippen molar-refractivity contribution in [2.24, 2.45) is 0 Å². The minimum atomic E-state index is 0.219. The third-order valence-corrected chi connectivity index (χ3v) is 3.21. The quantitative estimate of drug-likeness (QED) is 0.871. The number of hydrogen-bond acceptors (Lipinski definition) is 5. The Balaban J connectivity index is 2.32. The van der Waals surface area contributed by atoms with Gasteiger partial charge in [0.05, 0.1) is 6.07 Å². The van der Waals surface area contributed by atoms with Crippen molar-refractivity contribution in [3.63, 3.8) is 0 Å². The number of aryl methyl sites for hydroxylation is 1. The second kappa shape index (κ2) is 6.35. The van der Waals surface area contributed by atoms with Crippen LogP contribution >= 0.6 is 15.9 Å².